The van der Waals surface area contributed by atoms with Crippen LogP contribution in [0, 0.1) is 0 Å². The van der Waals surface area contributed by atoms with E-state index in [1.54, 1.807) is 6.08 Å². The van der Waals surface area contributed by atoms with Crippen LogP contribution in [0.1, 0.15) is 25.6 Å². The Bertz CT molecular complexity index is 489. The van der Waals surface area contributed by atoms with Gasteiger partial charge < -0.3 is 10.6 Å². The predicted molar refractivity (Wildman–Crippen MR) is 82.0 cm³/mol. The van der Waals surface area contributed by atoms with Crippen molar-refractivity contribution in [3.05, 3.63) is 26.9 Å². The molecule has 4 nitrogen and oxygen atoms in total. The van der Waals surface area contributed by atoms with Gasteiger partial charge in [-0.1, -0.05) is 0 Å². The van der Waals surface area contributed by atoms with Gasteiger partial charge >= 0.3 is 0 Å². The van der Waals surface area contributed by atoms with Gasteiger partial charge in [-0.3, -0.25) is 9.59 Å². The Hall–Kier alpha value is -1.14. The second-order valence-electron chi connectivity index (χ2n) is 4.99. The van der Waals surface area contributed by atoms with E-state index in [0.717, 1.165) is 8.66 Å². The van der Waals surface area contributed by atoms with Gasteiger partial charge in [0.05, 0.1) is 10.3 Å². The number of carbonyl (C=O) groups is 2. The molecule has 0 aliphatic heterocycles. The third kappa shape index (κ3) is 7.12. The zero-order chi connectivity index (χ0) is 14.5. The van der Waals surface area contributed by atoms with E-state index in [-0.39, 0.29) is 23.9 Å². The maximum atomic E-state index is 11.5. The molecule has 1 rings (SSSR count). The summed E-state index contributed by atoms with van der Waals surface area (Å²) in [5.41, 5.74) is -0.291. The first-order chi connectivity index (χ1) is 8.76. The molecule has 104 valence electrons. The Labute approximate surface area is 125 Å². The molecule has 0 fully saturated rings. The number of amides is 2. The zero-order valence-electron chi connectivity index (χ0n) is 11.1. The fraction of sp³-hybridized carbons (Fsp3) is 0.385. The number of rotatable bonds is 4. The van der Waals surface area contributed by atoms with Gasteiger partial charge in [-0.15, -0.1) is 11.3 Å². The Morgan fingerprint density at radius 1 is 1.37 bits per heavy atom. The van der Waals surface area contributed by atoms with Crippen LogP contribution in [0.4, 0.5) is 0 Å². The number of carbonyl (C=O) groups excluding carboxylic acids is 2. The lowest BCUT2D eigenvalue weighted by molar-refractivity contribution is -0.124. The summed E-state index contributed by atoms with van der Waals surface area (Å²) in [6.07, 6.45) is 3.13. The van der Waals surface area contributed by atoms with Gasteiger partial charge in [0.25, 0.3) is 0 Å². The highest BCUT2D eigenvalue weighted by Gasteiger charge is 2.13. The largest absolute Gasteiger partial charge is 0.350 e. The fourth-order valence-corrected chi connectivity index (χ4v) is 2.59. The first-order valence-corrected chi connectivity index (χ1v) is 7.39. The molecule has 0 spiro atoms. The van der Waals surface area contributed by atoms with E-state index in [1.807, 2.05) is 32.9 Å². The maximum absolute atomic E-state index is 11.5. The van der Waals surface area contributed by atoms with Crippen molar-refractivity contribution in [1.29, 1.82) is 0 Å². The number of hydrogen-bond donors (Lipinski definition) is 2. The molecule has 6 heteroatoms. The van der Waals surface area contributed by atoms with Crippen molar-refractivity contribution in [2.45, 2.75) is 26.3 Å². The van der Waals surface area contributed by atoms with Gasteiger partial charge in [0.2, 0.25) is 11.8 Å². The minimum Gasteiger partial charge on any atom is -0.350 e. The molecular weight excluding hydrogens is 328 g/mol. The molecule has 0 saturated carbocycles. The van der Waals surface area contributed by atoms with Crippen molar-refractivity contribution in [3.63, 3.8) is 0 Å². The molecule has 0 aliphatic carbocycles. The Balaban J connectivity index is 2.36. The number of halogens is 1. The third-order valence-corrected chi connectivity index (χ3v) is 3.52. The number of thiophene rings is 1. The molecule has 0 unspecified atom stereocenters. The number of hydrogen-bond acceptors (Lipinski definition) is 3. The van der Waals surface area contributed by atoms with Crippen molar-refractivity contribution in [1.82, 2.24) is 10.6 Å². The minimum absolute atomic E-state index is 0.0193. The lowest BCUT2D eigenvalue weighted by Gasteiger charge is -2.20. The monoisotopic (exact) mass is 344 g/mol. The molecule has 0 atom stereocenters. The quantitative estimate of drug-likeness (QED) is 0.824. The summed E-state index contributed by atoms with van der Waals surface area (Å²) >= 11 is 4.88. The molecule has 2 amide bonds. The molecule has 1 aromatic heterocycles. The standard InChI is InChI=1S/C13H17BrN2O2S/c1-13(2,3)16-12(18)8-15-11(17)7-5-9-4-6-10(14)19-9/h4-7H,8H2,1-3H3,(H,15,17)(H,16,18)/b7-5+. The van der Waals surface area contributed by atoms with Gasteiger partial charge in [0.1, 0.15) is 0 Å². The summed E-state index contributed by atoms with van der Waals surface area (Å²) in [4.78, 5) is 24.0. The lowest BCUT2D eigenvalue weighted by atomic mass is 10.1. The van der Waals surface area contributed by atoms with E-state index in [1.165, 1.54) is 17.4 Å². The van der Waals surface area contributed by atoms with E-state index >= 15 is 0 Å². The number of nitrogens with one attached hydrogen (secondary N) is 2. The van der Waals surface area contributed by atoms with Crippen molar-refractivity contribution in [2.24, 2.45) is 0 Å². The first-order valence-electron chi connectivity index (χ1n) is 5.78. The van der Waals surface area contributed by atoms with E-state index in [0.29, 0.717) is 0 Å². The minimum atomic E-state index is -0.291. The highest BCUT2D eigenvalue weighted by Crippen LogP contribution is 2.22. The summed E-state index contributed by atoms with van der Waals surface area (Å²) in [5.74, 6) is -0.485. The Morgan fingerprint density at radius 3 is 2.58 bits per heavy atom. The molecule has 0 saturated heterocycles. The topological polar surface area (TPSA) is 58.2 Å². The normalized spacial score (nSPS) is 11.6. The predicted octanol–water partition coefficient (Wildman–Crippen LogP) is 2.55. The van der Waals surface area contributed by atoms with Gasteiger partial charge in [0.15, 0.2) is 0 Å². The van der Waals surface area contributed by atoms with Crippen molar-refractivity contribution in [3.8, 4) is 0 Å². The van der Waals surface area contributed by atoms with Crippen LogP contribution in [0.15, 0.2) is 22.0 Å². The van der Waals surface area contributed by atoms with Crippen LogP contribution >= 0.6 is 27.3 Å². The third-order valence-electron chi connectivity index (χ3n) is 1.93. The first kappa shape index (κ1) is 15.9. The van der Waals surface area contributed by atoms with Crippen LogP contribution in [0.3, 0.4) is 0 Å². The molecule has 1 aromatic rings. The molecule has 1 heterocycles. The van der Waals surface area contributed by atoms with Crippen LogP contribution in [0.5, 0.6) is 0 Å². The van der Waals surface area contributed by atoms with E-state index < -0.39 is 0 Å². The maximum Gasteiger partial charge on any atom is 0.244 e. The zero-order valence-corrected chi connectivity index (χ0v) is 13.5. The average Bonchev–Trinajstić information content (AvgIpc) is 2.67. The van der Waals surface area contributed by atoms with Crippen molar-refractivity contribution < 1.29 is 9.59 Å². The van der Waals surface area contributed by atoms with Crippen molar-refractivity contribution in [2.75, 3.05) is 6.54 Å². The SMILES string of the molecule is CC(C)(C)NC(=O)CNC(=O)/C=C/c1ccc(Br)s1. The van der Waals surface area contributed by atoms with E-state index in [9.17, 15) is 9.59 Å². The molecule has 0 aromatic carbocycles. The van der Waals surface area contributed by atoms with E-state index in [4.69, 9.17) is 0 Å². The second-order valence-corrected chi connectivity index (χ2v) is 7.49. The summed E-state index contributed by atoms with van der Waals surface area (Å²) in [6, 6.07) is 3.82. The average molecular weight is 345 g/mol. The van der Waals surface area contributed by atoms with E-state index in [2.05, 4.69) is 26.6 Å². The Kier molecular flexibility index (Phi) is 5.75. The molecule has 2 N–H and O–H groups in total. The van der Waals surface area contributed by atoms with Gasteiger partial charge in [-0.25, -0.2) is 0 Å². The molecule has 0 aliphatic rings. The Morgan fingerprint density at radius 2 is 2.05 bits per heavy atom. The molecular formula is C13H17BrN2O2S. The van der Waals surface area contributed by atoms with Crippen LogP contribution in [-0.4, -0.2) is 23.9 Å². The molecule has 19 heavy (non-hydrogen) atoms. The van der Waals surface area contributed by atoms with Crippen LogP contribution < -0.4 is 10.6 Å². The molecule has 0 radical (unpaired) electrons. The summed E-state index contributed by atoms with van der Waals surface area (Å²) in [5, 5.41) is 5.31. The van der Waals surface area contributed by atoms with Gasteiger partial charge in [0, 0.05) is 16.5 Å². The van der Waals surface area contributed by atoms with Crippen molar-refractivity contribution >= 4 is 45.2 Å². The smallest absolute Gasteiger partial charge is 0.244 e. The lowest BCUT2D eigenvalue weighted by Crippen LogP contribution is -2.45. The van der Waals surface area contributed by atoms with Crippen LogP contribution in [-0.2, 0) is 9.59 Å². The molecule has 0 bridgehead atoms. The van der Waals surface area contributed by atoms with Gasteiger partial charge in [-0.05, 0) is 54.9 Å². The fourth-order valence-electron chi connectivity index (χ4n) is 1.26. The van der Waals surface area contributed by atoms with Gasteiger partial charge in [-0.2, -0.15) is 0 Å². The summed E-state index contributed by atoms with van der Waals surface area (Å²) < 4.78 is 1.01. The highest BCUT2D eigenvalue weighted by molar-refractivity contribution is 9.11. The highest BCUT2D eigenvalue weighted by atomic mass is 79.9. The van der Waals surface area contributed by atoms with Crippen LogP contribution in [0.25, 0.3) is 6.08 Å². The summed E-state index contributed by atoms with van der Waals surface area (Å²) in [6.45, 7) is 5.65. The summed E-state index contributed by atoms with van der Waals surface area (Å²) in [7, 11) is 0. The van der Waals surface area contributed by atoms with Crippen LogP contribution in [0.2, 0.25) is 0 Å². The second kappa shape index (κ2) is 6.86.